The number of carboxylic acid groups (broad SMARTS) is 1. The Morgan fingerprint density at radius 2 is 2.38 bits per heavy atom. The van der Waals surface area contributed by atoms with Gasteiger partial charge in [-0.25, -0.2) is 4.79 Å². The van der Waals surface area contributed by atoms with Crippen molar-refractivity contribution < 1.29 is 14.7 Å². The van der Waals surface area contributed by atoms with E-state index in [2.05, 4.69) is 10.0 Å². The van der Waals surface area contributed by atoms with Crippen LogP contribution >= 0.6 is 0 Å². The molecule has 0 spiro atoms. The van der Waals surface area contributed by atoms with Crippen LogP contribution in [0.4, 0.5) is 0 Å². The number of amides is 1. The van der Waals surface area contributed by atoms with E-state index >= 15 is 0 Å². The van der Waals surface area contributed by atoms with E-state index in [-0.39, 0.29) is 24.8 Å². The Hall–Kier alpha value is -1.75. The van der Waals surface area contributed by atoms with Crippen LogP contribution in [0.3, 0.4) is 0 Å². The number of rotatable bonds is 4. The number of nitrogens with zero attached hydrogens (tertiary/aromatic N) is 4. The van der Waals surface area contributed by atoms with Gasteiger partial charge in [-0.15, -0.1) is 0 Å². The third kappa shape index (κ3) is 2.25. The molecule has 1 fully saturated rings. The first kappa shape index (κ1) is 12.3. The molecule has 0 aliphatic carbocycles. The van der Waals surface area contributed by atoms with Crippen molar-refractivity contribution in [1.29, 1.82) is 0 Å². The number of hydrogen-bond acceptors (Lipinski definition) is 3. The van der Waals surface area contributed by atoms with Crippen LogP contribution in [0.15, 0.2) is 5.11 Å². The molecule has 7 nitrogen and oxygen atoms in total. The normalized spacial score (nSPS) is 20.8. The van der Waals surface area contributed by atoms with Gasteiger partial charge in [0.2, 0.25) is 5.91 Å². The van der Waals surface area contributed by atoms with Gasteiger partial charge in [-0.2, -0.15) is 0 Å². The van der Waals surface area contributed by atoms with Crippen LogP contribution in [0.25, 0.3) is 10.4 Å². The van der Waals surface area contributed by atoms with Gasteiger partial charge in [0.25, 0.3) is 0 Å². The zero-order valence-corrected chi connectivity index (χ0v) is 9.25. The molecule has 0 radical (unpaired) electrons. The number of hydrogen-bond donors (Lipinski definition) is 1. The maximum atomic E-state index is 11.6. The van der Waals surface area contributed by atoms with Crippen LogP contribution in [-0.2, 0) is 9.59 Å². The van der Waals surface area contributed by atoms with Crippen LogP contribution in [0.2, 0.25) is 0 Å². The number of likely N-dealkylation sites (tertiary alicyclic amines) is 1. The monoisotopic (exact) mass is 226 g/mol. The molecular formula is C9H14N4O3. The van der Waals surface area contributed by atoms with Crippen molar-refractivity contribution in [3.8, 4) is 0 Å². The van der Waals surface area contributed by atoms with E-state index in [9.17, 15) is 9.59 Å². The molecule has 0 aromatic heterocycles. The fraction of sp³-hybridized carbons (Fsp3) is 0.778. The quantitative estimate of drug-likeness (QED) is 0.439. The van der Waals surface area contributed by atoms with Crippen LogP contribution in [0.5, 0.6) is 0 Å². The Morgan fingerprint density at radius 1 is 1.75 bits per heavy atom. The summed E-state index contributed by atoms with van der Waals surface area (Å²) in [6.07, 6.45) is 0.246. The molecule has 1 unspecified atom stereocenters. The Kier molecular flexibility index (Phi) is 3.39. The maximum absolute atomic E-state index is 11.6. The van der Waals surface area contributed by atoms with Gasteiger partial charge < -0.3 is 10.0 Å². The summed E-state index contributed by atoms with van der Waals surface area (Å²) in [4.78, 5) is 26.6. The predicted molar refractivity (Wildman–Crippen MR) is 55.5 cm³/mol. The number of carboxylic acids is 1. The average Bonchev–Trinajstić information content (AvgIpc) is 2.57. The fourth-order valence-electron chi connectivity index (χ4n) is 1.71. The minimum Gasteiger partial charge on any atom is -0.480 e. The summed E-state index contributed by atoms with van der Waals surface area (Å²) in [6, 6.07) is 0. The molecule has 1 heterocycles. The van der Waals surface area contributed by atoms with Crippen LogP contribution < -0.4 is 0 Å². The van der Waals surface area contributed by atoms with Gasteiger partial charge in [0.1, 0.15) is 5.54 Å². The number of carbonyl (C=O) groups excluding carboxylic acids is 1. The highest BCUT2D eigenvalue weighted by molar-refractivity contribution is 5.87. The molecule has 1 atom stereocenters. The summed E-state index contributed by atoms with van der Waals surface area (Å²) in [5, 5.41) is 12.4. The van der Waals surface area contributed by atoms with Gasteiger partial charge in [-0.05, 0) is 25.3 Å². The van der Waals surface area contributed by atoms with E-state index in [1.165, 1.54) is 18.7 Å². The first-order valence-corrected chi connectivity index (χ1v) is 4.94. The summed E-state index contributed by atoms with van der Waals surface area (Å²) in [5.41, 5.74) is 6.97. The molecule has 0 aromatic carbocycles. The molecule has 7 heteroatoms. The highest BCUT2D eigenvalue weighted by Crippen LogP contribution is 2.26. The lowest BCUT2D eigenvalue weighted by molar-refractivity contribution is -0.154. The minimum absolute atomic E-state index is 0.0815. The Labute approximate surface area is 92.7 Å². The summed E-state index contributed by atoms with van der Waals surface area (Å²) >= 11 is 0. The molecule has 1 aliphatic rings. The Bertz CT molecular complexity index is 360. The molecule has 0 bridgehead atoms. The standard InChI is InChI=1S/C9H14N4O3/c1-9(2,8(15)16)13-5-6(3-7(13)14)4-11-12-10/h6H,3-5H2,1-2H3,(H,15,16). The Balaban J connectivity index is 2.75. The zero-order chi connectivity index (χ0) is 12.3. The minimum atomic E-state index is -1.21. The first-order valence-electron chi connectivity index (χ1n) is 4.94. The van der Waals surface area contributed by atoms with Crippen LogP contribution in [0.1, 0.15) is 20.3 Å². The van der Waals surface area contributed by atoms with Crippen molar-refractivity contribution in [3.63, 3.8) is 0 Å². The first-order chi connectivity index (χ1) is 7.39. The zero-order valence-electron chi connectivity index (χ0n) is 9.25. The smallest absolute Gasteiger partial charge is 0.329 e. The third-order valence-electron chi connectivity index (χ3n) is 2.81. The van der Waals surface area contributed by atoms with E-state index in [0.717, 1.165) is 0 Å². The largest absolute Gasteiger partial charge is 0.480 e. The van der Waals surface area contributed by atoms with Crippen molar-refractivity contribution in [2.75, 3.05) is 13.1 Å². The van der Waals surface area contributed by atoms with E-state index in [0.29, 0.717) is 6.54 Å². The summed E-state index contributed by atoms with van der Waals surface area (Å²) in [7, 11) is 0. The van der Waals surface area contributed by atoms with Crippen molar-refractivity contribution in [2.45, 2.75) is 25.8 Å². The lowest BCUT2D eigenvalue weighted by Gasteiger charge is -2.31. The third-order valence-corrected chi connectivity index (χ3v) is 2.81. The van der Waals surface area contributed by atoms with Gasteiger partial charge in [-0.1, -0.05) is 5.11 Å². The van der Waals surface area contributed by atoms with Crippen molar-refractivity contribution in [2.24, 2.45) is 11.0 Å². The second-order valence-electron chi connectivity index (χ2n) is 4.35. The molecule has 1 amide bonds. The molecule has 16 heavy (non-hydrogen) atoms. The summed E-state index contributed by atoms with van der Waals surface area (Å²) < 4.78 is 0. The van der Waals surface area contributed by atoms with E-state index < -0.39 is 11.5 Å². The predicted octanol–water partition coefficient (Wildman–Crippen LogP) is 1.01. The summed E-state index contributed by atoms with van der Waals surface area (Å²) in [6.45, 7) is 3.54. The molecule has 1 rings (SSSR count). The molecule has 0 saturated carbocycles. The maximum Gasteiger partial charge on any atom is 0.329 e. The van der Waals surface area contributed by atoms with E-state index in [1.54, 1.807) is 0 Å². The average molecular weight is 226 g/mol. The molecule has 1 aliphatic heterocycles. The van der Waals surface area contributed by atoms with Gasteiger partial charge in [-0.3, -0.25) is 4.79 Å². The van der Waals surface area contributed by atoms with Gasteiger partial charge in [0.15, 0.2) is 0 Å². The molecule has 1 saturated heterocycles. The van der Waals surface area contributed by atoms with Crippen molar-refractivity contribution in [1.82, 2.24) is 4.90 Å². The van der Waals surface area contributed by atoms with Gasteiger partial charge in [0.05, 0.1) is 0 Å². The number of azide groups is 1. The topological polar surface area (TPSA) is 106 Å². The highest BCUT2D eigenvalue weighted by Gasteiger charge is 2.42. The lowest BCUT2D eigenvalue weighted by Crippen LogP contribution is -2.50. The molecule has 0 aromatic rings. The molecule has 88 valence electrons. The van der Waals surface area contributed by atoms with Crippen molar-refractivity contribution in [3.05, 3.63) is 10.4 Å². The Morgan fingerprint density at radius 3 is 2.88 bits per heavy atom. The van der Waals surface area contributed by atoms with Crippen molar-refractivity contribution >= 4 is 11.9 Å². The van der Waals surface area contributed by atoms with E-state index in [1.807, 2.05) is 0 Å². The van der Waals surface area contributed by atoms with Crippen LogP contribution in [-0.4, -0.2) is 40.5 Å². The second-order valence-corrected chi connectivity index (χ2v) is 4.35. The second kappa shape index (κ2) is 4.40. The SMILES string of the molecule is CC(C)(C(=O)O)N1CC(CN=[N+]=[N-])CC1=O. The summed E-state index contributed by atoms with van der Waals surface area (Å²) in [5.74, 6) is -1.32. The lowest BCUT2D eigenvalue weighted by atomic mass is 10.0. The molecule has 1 N–H and O–H groups in total. The number of carbonyl (C=O) groups is 2. The van der Waals surface area contributed by atoms with Gasteiger partial charge in [0, 0.05) is 24.4 Å². The van der Waals surface area contributed by atoms with Gasteiger partial charge >= 0.3 is 5.97 Å². The fourth-order valence-corrected chi connectivity index (χ4v) is 1.71. The number of aliphatic carboxylic acids is 1. The van der Waals surface area contributed by atoms with E-state index in [4.69, 9.17) is 10.6 Å². The highest BCUT2D eigenvalue weighted by atomic mass is 16.4. The molecular weight excluding hydrogens is 212 g/mol. The van der Waals surface area contributed by atoms with Crippen LogP contribution in [0, 0.1) is 5.92 Å².